The maximum atomic E-state index is 12.8. The van der Waals surface area contributed by atoms with Crippen molar-refractivity contribution in [3.05, 3.63) is 53.0 Å². The Balaban J connectivity index is 2.08. The summed E-state index contributed by atoms with van der Waals surface area (Å²) < 4.78 is 55.8. The molecule has 23 heavy (non-hydrogen) atoms. The second-order valence-electron chi connectivity index (χ2n) is 4.28. The van der Waals surface area contributed by atoms with Crippen molar-refractivity contribution in [3.63, 3.8) is 0 Å². The van der Waals surface area contributed by atoms with Crippen molar-refractivity contribution in [2.45, 2.75) is 4.90 Å². The van der Waals surface area contributed by atoms with Crippen LogP contribution in [0.5, 0.6) is 5.75 Å². The van der Waals surface area contributed by atoms with E-state index in [-0.39, 0.29) is 15.2 Å². The van der Waals surface area contributed by atoms with E-state index in [4.69, 9.17) is 4.52 Å². The van der Waals surface area contributed by atoms with Crippen LogP contribution in [0.1, 0.15) is 0 Å². The van der Waals surface area contributed by atoms with Gasteiger partial charge in [0.1, 0.15) is 16.7 Å². The molecule has 1 atom stereocenters. The molecule has 0 radical (unpaired) electrons. The number of rotatable bonds is 6. The minimum Gasteiger partial charge on any atom is -0.421 e. The average molecular weight is 425 g/mol. The van der Waals surface area contributed by atoms with Crippen LogP contribution in [0.25, 0.3) is 0 Å². The molecule has 0 saturated carbocycles. The van der Waals surface area contributed by atoms with Gasteiger partial charge >= 0.3 is 7.60 Å². The van der Waals surface area contributed by atoms with E-state index in [2.05, 4.69) is 20.9 Å². The van der Waals surface area contributed by atoms with Crippen LogP contribution in [0.4, 0.5) is 4.39 Å². The topological polar surface area (TPSA) is 106 Å². The predicted octanol–water partition coefficient (Wildman–Crippen LogP) is 2.48. The zero-order chi connectivity index (χ0) is 17.1. The smallest absolute Gasteiger partial charge is 0.391 e. The molecule has 1 aromatic carbocycles. The molecule has 7 nitrogen and oxygen atoms in total. The summed E-state index contributed by atoms with van der Waals surface area (Å²) in [5.74, 6) is -0.596. The van der Waals surface area contributed by atoms with Crippen LogP contribution < -0.4 is 9.25 Å². The summed E-state index contributed by atoms with van der Waals surface area (Å²) in [6, 6.07) is 6.90. The summed E-state index contributed by atoms with van der Waals surface area (Å²) in [5, 5.41) is 0. The second-order valence-corrected chi connectivity index (χ2v) is 8.57. The number of halogens is 2. The van der Waals surface area contributed by atoms with Gasteiger partial charge in [0, 0.05) is 6.20 Å². The Morgan fingerprint density at radius 1 is 1.30 bits per heavy atom. The van der Waals surface area contributed by atoms with Crippen molar-refractivity contribution in [2.24, 2.45) is 0 Å². The van der Waals surface area contributed by atoms with Gasteiger partial charge in [-0.3, -0.25) is 0 Å². The van der Waals surface area contributed by atoms with E-state index in [1.807, 2.05) is 4.72 Å². The molecule has 124 valence electrons. The summed E-state index contributed by atoms with van der Waals surface area (Å²) in [7, 11) is -8.37. The summed E-state index contributed by atoms with van der Waals surface area (Å²) in [4.78, 5) is 13.3. The fourth-order valence-corrected chi connectivity index (χ4v) is 4.46. The minimum absolute atomic E-state index is 0.000636. The molecule has 1 heterocycles. The van der Waals surface area contributed by atoms with Gasteiger partial charge in [-0.2, -0.15) is 4.72 Å². The Morgan fingerprint density at radius 2 is 1.96 bits per heavy atom. The molecule has 0 aliphatic rings. The SMILES string of the molecule is O=P(O)(CNS(=O)(=O)c1ccc(F)cc1)Oc1cccnc1Br. The Morgan fingerprint density at radius 3 is 2.57 bits per heavy atom. The number of benzene rings is 1. The van der Waals surface area contributed by atoms with Gasteiger partial charge in [0.15, 0.2) is 5.75 Å². The van der Waals surface area contributed by atoms with Crippen LogP contribution in [0.15, 0.2) is 52.1 Å². The number of nitrogens with one attached hydrogen (secondary N) is 1. The van der Waals surface area contributed by atoms with E-state index in [9.17, 15) is 22.3 Å². The summed E-state index contributed by atoms with van der Waals surface area (Å²) >= 11 is 3.04. The lowest BCUT2D eigenvalue weighted by Gasteiger charge is -2.14. The third kappa shape index (κ3) is 5.08. The molecule has 2 aromatic rings. The van der Waals surface area contributed by atoms with E-state index >= 15 is 0 Å². The minimum atomic E-state index is -4.30. The number of aromatic nitrogens is 1. The number of pyridine rings is 1. The van der Waals surface area contributed by atoms with Gasteiger partial charge in [-0.05, 0) is 52.3 Å². The molecule has 2 N–H and O–H groups in total. The molecule has 11 heteroatoms. The lowest BCUT2D eigenvalue weighted by molar-refractivity contribution is 0.376. The van der Waals surface area contributed by atoms with Crippen molar-refractivity contribution in [2.75, 3.05) is 6.29 Å². The van der Waals surface area contributed by atoms with Crippen LogP contribution in [0.2, 0.25) is 0 Å². The average Bonchev–Trinajstić information content (AvgIpc) is 2.48. The zero-order valence-electron chi connectivity index (χ0n) is 11.4. The van der Waals surface area contributed by atoms with Gasteiger partial charge in [-0.25, -0.2) is 22.4 Å². The lowest BCUT2D eigenvalue weighted by Crippen LogP contribution is -2.25. The van der Waals surface area contributed by atoms with Crippen LogP contribution >= 0.6 is 23.5 Å². The Hall–Kier alpha value is -1.32. The molecule has 0 amide bonds. The monoisotopic (exact) mass is 424 g/mol. The van der Waals surface area contributed by atoms with Gasteiger partial charge in [-0.1, -0.05) is 0 Å². The van der Waals surface area contributed by atoms with Gasteiger partial charge in [0.25, 0.3) is 0 Å². The van der Waals surface area contributed by atoms with Crippen LogP contribution in [-0.2, 0) is 14.6 Å². The lowest BCUT2D eigenvalue weighted by atomic mass is 10.4. The van der Waals surface area contributed by atoms with E-state index in [1.165, 1.54) is 18.3 Å². The molecule has 0 bridgehead atoms. The van der Waals surface area contributed by atoms with E-state index in [0.717, 1.165) is 24.3 Å². The Kier molecular flexibility index (Phi) is 5.53. The van der Waals surface area contributed by atoms with E-state index < -0.39 is 29.7 Å². The largest absolute Gasteiger partial charge is 0.421 e. The van der Waals surface area contributed by atoms with E-state index in [1.54, 1.807) is 0 Å². The highest BCUT2D eigenvalue weighted by atomic mass is 79.9. The highest BCUT2D eigenvalue weighted by Gasteiger charge is 2.26. The highest BCUT2D eigenvalue weighted by molar-refractivity contribution is 9.10. The first-order chi connectivity index (χ1) is 10.7. The maximum Gasteiger partial charge on any atom is 0.391 e. The quantitative estimate of drug-likeness (QED) is 0.544. The summed E-state index contributed by atoms with van der Waals surface area (Å²) in [5.41, 5.74) is 0. The molecule has 1 aromatic heterocycles. The molecule has 2 rings (SSSR count). The molecular formula is C12H11BrFN2O5PS. The molecular weight excluding hydrogens is 414 g/mol. The predicted molar refractivity (Wildman–Crippen MR) is 84.0 cm³/mol. The first-order valence-electron chi connectivity index (χ1n) is 6.07. The number of sulfonamides is 1. The van der Waals surface area contributed by atoms with Crippen LogP contribution in [-0.4, -0.2) is 24.6 Å². The van der Waals surface area contributed by atoms with Crippen molar-refractivity contribution in [1.82, 2.24) is 9.71 Å². The van der Waals surface area contributed by atoms with Gasteiger partial charge in [0.05, 0.1) is 4.90 Å². The highest BCUT2D eigenvalue weighted by Crippen LogP contribution is 2.43. The molecule has 0 aliphatic carbocycles. The first kappa shape index (κ1) is 18.0. The Labute approximate surface area is 140 Å². The van der Waals surface area contributed by atoms with Crippen molar-refractivity contribution in [1.29, 1.82) is 0 Å². The van der Waals surface area contributed by atoms with Crippen molar-refractivity contribution < 1.29 is 26.8 Å². The fourth-order valence-electron chi connectivity index (χ4n) is 1.49. The molecule has 0 spiro atoms. The number of hydrogen-bond donors (Lipinski definition) is 2. The van der Waals surface area contributed by atoms with Gasteiger partial charge < -0.3 is 9.42 Å². The fraction of sp³-hybridized carbons (Fsp3) is 0.0833. The van der Waals surface area contributed by atoms with Crippen LogP contribution in [0.3, 0.4) is 0 Å². The third-order valence-electron chi connectivity index (χ3n) is 2.54. The normalized spacial score (nSPS) is 14.2. The number of nitrogens with zero attached hydrogens (tertiary/aromatic N) is 1. The van der Waals surface area contributed by atoms with Crippen molar-refractivity contribution in [3.8, 4) is 5.75 Å². The summed E-state index contributed by atoms with van der Waals surface area (Å²) in [6.07, 6.45) is 0.588. The summed E-state index contributed by atoms with van der Waals surface area (Å²) in [6.45, 7) is 0. The Bertz CT molecular complexity index is 847. The molecule has 0 saturated heterocycles. The van der Waals surface area contributed by atoms with Gasteiger partial charge in [-0.15, -0.1) is 0 Å². The van der Waals surface area contributed by atoms with Crippen LogP contribution in [0, 0.1) is 5.82 Å². The standard InChI is InChI=1S/C12H11BrFN2O5PS/c13-12-11(2-1-7-15-12)21-22(17,18)8-16-23(19,20)10-5-3-9(14)4-6-10/h1-7,16H,8H2,(H,17,18). The van der Waals surface area contributed by atoms with E-state index in [0.29, 0.717) is 0 Å². The maximum absolute atomic E-state index is 12.8. The molecule has 1 unspecified atom stereocenters. The third-order valence-corrected chi connectivity index (χ3v) is 5.81. The number of hydrogen-bond acceptors (Lipinski definition) is 5. The molecule has 0 aliphatic heterocycles. The first-order valence-corrected chi connectivity index (χ1v) is 10.1. The van der Waals surface area contributed by atoms with Crippen molar-refractivity contribution >= 4 is 33.5 Å². The molecule has 0 fully saturated rings. The van der Waals surface area contributed by atoms with Gasteiger partial charge in [0.2, 0.25) is 10.0 Å². The zero-order valence-corrected chi connectivity index (χ0v) is 14.7. The second kappa shape index (κ2) is 7.06.